The van der Waals surface area contributed by atoms with Crippen LogP contribution < -0.4 is 5.48 Å². The molecule has 0 aromatic heterocycles. The first kappa shape index (κ1) is 19.8. The van der Waals surface area contributed by atoms with Crippen molar-refractivity contribution in [2.75, 3.05) is 33.0 Å². The molecule has 0 amide bonds. The second-order valence-corrected chi connectivity index (χ2v) is 5.25. The molecule has 124 valence electrons. The van der Waals surface area contributed by atoms with Crippen molar-refractivity contribution in [2.45, 2.75) is 46.1 Å². The van der Waals surface area contributed by atoms with E-state index < -0.39 is 5.60 Å². The molecule has 1 N–H and O–H groups in total. The fraction of sp³-hybridized carbons (Fsp3) is 0.857. The number of esters is 2. The van der Waals surface area contributed by atoms with E-state index in [4.69, 9.17) is 19.0 Å². The van der Waals surface area contributed by atoms with Crippen molar-refractivity contribution >= 4 is 11.9 Å². The van der Waals surface area contributed by atoms with Crippen LogP contribution in [0.15, 0.2) is 0 Å². The molecule has 0 aromatic carbocycles. The van der Waals surface area contributed by atoms with Crippen molar-refractivity contribution in [1.82, 2.24) is 5.48 Å². The number of carbonyl (C=O) groups is 2. The van der Waals surface area contributed by atoms with E-state index >= 15 is 0 Å². The van der Waals surface area contributed by atoms with E-state index in [9.17, 15) is 9.59 Å². The van der Waals surface area contributed by atoms with E-state index in [0.29, 0.717) is 33.0 Å². The van der Waals surface area contributed by atoms with Crippen LogP contribution in [0.5, 0.6) is 0 Å². The highest BCUT2D eigenvalue weighted by Crippen LogP contribution is 2.07. The first-order chi connectivity index (χ1) is 9.85. The lowest BCUT2D eigenvalue weighted by molar-refractivity contribution is -0.156. The summed E-state index contributed by atoms with van der Waals surface area (Å²) in [5.41, 5.74) is 2.16. The van der Waals surface area contributed by atoms with Gasteiger partial charge in [-0.05, 0) is 27.7 Å². The maximum Gasteiger partial charge on any atom is 0.308 e. The van der Waals surface area contributed by atoms with Gasteiger partial charge in [0, 0.05) is 6.54 Å². The van der Waals surface area contributed by atoms with E-state index in [1.807, 2.05) is 20.8 Å². The van der Waals surface area contributed by atoms with Gasteiger partial charge < -0.3 is 14.2 Å². The molecule has 0 fully saturated rings. The van der Waals surface area contributed by atoms with Crippen molar-refractivity contribution in [1.29, 1.82) is 0 Å². The molecule has 0 spiro atoms. The summed E-state index contributed by atoms with van der Waals surface area (Å²) in [6, 6.07) is 0. The van der Waals surface area contributed by atoms with Gasteiger partial charge in [0.25, 0.3) is 0 Å². The zero-order valence-electron chi connectivity index (χ0n) is 13.4. The summed E-state index contributed by atoms with van der Waals surface area (Å²) >= 11 is 0. The summed E-state index contributed by atoms with van der Waals surface area (Å²) in [4.78, 5) is 27.4. The molecule has 7 heteroatoms. The van der Waals surface area contributed by atoms with Crippen LogP contribution >= 0.6 is 0 Å². The normalized spacial score (nSPS) is 11.2. The number of nitrogens with one attached hydrogen (secondary N) is 1. The molecule has 0 atom stereocenters. The smallest absolute Gasteiger partial charge is 0.308 e. The molecule has 7 nitrogen and oxygen atoms in total. The second kappa shape index (κ2) is 11.5. The molecule has 0 saturated carbocycles. The number of hydrogen-bond donors (Lipinski definition) is 1. The van der Waals surface area contributed by atoms with Crippen LogP contribution in [0.25, 0.3) is 0 Å². The highest BCUT2D eigenvalue weighted by atomic mass is 16.7. The van der Waals surface area contributed by atoms with Gasteiger partial charge in [0.05, 0.1) is 39.3 Å². The Balaban J connectivity index is 3.30. The molecule has 0 aliphatic heterocycles. The molecule has 21 heavy (non-hydrogen) atoms. The van der Waals surface area contributed by atoms with E-state index in [2.05, 4.69) is 5.48 Å². The Morgan fingerprint density at radius 2 is 1.71 bits per heavy atom. The number of rotatable bonds is 11. The minimum atomic E-state index is -0.469. The summed E-state index contributed by atoms with van der Waals surface area (Å²) in [6.45, 7) is 8.97. The Morgan fingerprint density at radius 3 is 2.33 bits per heavy atom. The van der Waals surface area contributed by atoms with E-state index in [1.165, 1.54) is 0 Å². The number of hydrogen-bond acceptors (Lipinski definition) is 7. The van der Waals surface area contributed by atoms with Crippen LogP contribution in [0.3, 0.4) is 0 Å². The van der Waals surface area contributed by atoms with Crippen LogP contribution in [-0.2, 0) is 28.6 Å². The third kappa shape index (κ3) is 15.0. The van der Waals surface area contributed by atoms with E-state index in [1.54, 1.807) is 6.92 Å². The monoisotopic (exact) mass is 305 g/mol. The number of carbonyl (C=O) groups excluding carboxylic acids is 2. The standard InChI is InChI=1S/C14H27NO6/c1-5-19-12(16)6-8-15-20-11-10-18-9-7-13(17)21-14(2,3)4/h15H,5-11H2,1-4H3. The molecule has 0 unspecified atom stereocenters. The number of hydroxylamine groups is 1. The van der Waals surface area contributed by atoms with Crippen LogP contribution in [0.2, 0.25) is 0 Å². The van der Waals surface area contributed by atoms with Crippen LogP contribution in [0, 0.1) is 0 Å². The average Bonchev–Trinajstić information content (AvgIpc) is 2.35. The minimum absolute atomic E-state index is 0.216. The molecule has 0 heterocycles. The van der Waals surface area contributed by atoms with Gasteiger partial charge in [-0.2, -0.15) is 0 Å². The molecule has 0 saturated heterocycles. The second-order valence-electron chi connectivity index (χ2n) is 5.25. The van der Waals surface area contributed by atoms with Gasteiger partial charge >= 0.3 is 11.9 Å². The SMILES string of the molecule is CCOC(=O)CCNOCCOCCC(=O)OC(C)(C)C. The lowest BCUT2D eigenvalue weighted by atomic mass is 10.2. The molecule has 0 radical (unpaired) electrons. The lowest BCUT2D eigenvalue weighted by Crippen LogP contribution is -2.25. The zero-order valence-corrected chi connectivity index (χ0v) is 13.4. The van der Waals surface area contributed by atoms with Gasteiger partial charge in [-0.1, -0.05) is 0 Å². The quantitative estimate of drug-likeness (QED) is 0.349. The van der Waals surface area contributed by atoms with E-state index in [-0.39, 0.29) is 24.8 Å². The van der Waals surface area contributed by atoms with Gasteiger partial charge in [0.1, 0.15) is 5.60 Å². The van der Waals surface area contributed by atoms with Crippen LogP contribution in [0.4, 0.5) is 0 Å². The summed E-state index contributed by atoms with van der Waals surface area (Å²) in [5, 5.41) is 0. The van der Waals surface area contributed by atoms with Gasteiger partial charge in [-0.3, -0.25) is 14.4 Å². The molecular weight excluding hydrogens is 278 g/mol. The van der Waals surface area contributed by atoms with Gasteiger partial charge in [0.15, 0.2) is 0 Å². The third-order valence-electron chi connectivity index (χ3n) is 2.04. The zero-order chi connectivity index (χ0) is 16.1. The highest BCUT2D eigenvalue weighted by Gasteiger charge is 2.15. The predicted octanol–water partition coefficient (Wildman–Crippen LogP) is 1.21. The molecular formula is C14H27NO6. The van der Waals surface area contributed by atoms with Crippen molar-refractivity contribution in [3.05, 3.63) is 0 Å². The van der Waals surface area contributed by atoms with Gasteiger partial charge in [0.2, 0.25) is 0 Å². The topological polar surface area (TPSA) is 83.1 Å². The molecule has 0 aromatic rings. The van der Waals surface area contributed by atoms with Crippen molar-refractivity contribution in [2.24, 2.45) is 0 Å². The average molecular weight is 305 g/mol. The van der Waals surface area contributed by atoms with Gasteiger partial charge in [-0.15, -0.1) is 0 Å². The summed E-state index contributed by atoms with van der Waals surface area (Å²) in [7, 11) is 0. The highest BCUT2D eigenvalue weighted by molar-refractivity contribution is 5.70. The molecule has 0 rings (SSSR count). The van der Waals surface area contributed by atoms with Crippen molar-refractivity contribution in [3.63, 3.8) is 0 Å². The van der Waals surface area contributed by atoms with Crippen LogP contribution in [-0.4, -0.2) is 50.5 Å². The molecule has 0 bridgehead atoms. The fourth-order valence-corrected chi connectivity index (χ4v) is 1.28. The van der Waals surface area contributed by atoms with Crippen LogP contribution in [0.1, 0.15) is 40.5 Å². The first-order valence-corrected chi connectivity index (χ1v) is 7.15. The van der Waals surface area contributed by atoms with Gasteiger partial charge in [-0.25, -0.2) is 5.48 Å². The number of ether oxygens (including phenoxy) is 3. The Labute approximate surface area is 126 Å². The summed E-state index contributed by atoms with van der Waals surface area (Å²) in [6.07, 6.45) is 0.473. The minimum Gasteiger partial charge on any atom is -0.466 e. The van der Waals surface area contributed by atoms with Crippen molar-refractivity contribution < 1.29 is 28.6 Å². The Kier molecular flexibility index (Phi) is 10.8. The maximum absolute atomic E-state index is 11.4. The fourth-order valence-electron chi connectivity index (χ4n) is 1.28. The Bertz CT molecular complexity index is 300. The third-order valence-corrected chi connectivity index (χ3v) is 2.04. The maximum atomic E-state index is 11.4. The Hall–Kier alpha value is -1.18. The summed E-state index contributed by atoms with van der Waals surface area (Å²) < 4.78 is 15.1. The van der Waals surface area contributed by atoms with E-state index in [0.717, 1.165) is 0 Å². The predicted molar refractivity (Wildman–Crippen MR) is 76.5 cm³/mol. The Morgan fingerprint density at radius 1 is 1.00 bits per heavy atom. The lowest BCUT2D eigenvalue weighted by Gasteiger charge is -2.19. The molecule has 0 aliphatic carbocycles. The molecule has 0 aliphatic rings. The summed E-state index contributed by atoms with van der Waals surface area (Å²) in [5.74, 6) is -0.543. The van der Waals surface area contributed by atoms with Crippen molar-refractivity contribution in [3.8, 4) is 0 Å². The largest absolute Gasteiger partial charge is 0.466 e. The first-order valence-electron chi connectivity index (χ1n) is 7.15.